The number of nitrogens with zero attached hydrogens (tertiary/aromatic N) is 2. The first-order valence-electron chi connectivity index (χ1n) is 8.81. The Morgan fingerprint density at radius 1 is 1.14 bits per heavy atom. The van der Waals surface area contributed by atoms with Gasteiger partial charge in [0.15, 0.2) is 0 Å². The molecule has 7 heteroatoms. The highest BCUT2D eigenvalue weighted by Crippen LogP contribution is 2.16. The number of carbonyl (C=O) groups excluding carboxylic acids is 1. The molecule has 3 aromatic rings. The van der Waals surface area contributed by atoms with Crippen molar-refractivity contribution in [2.75, 3.05) is 12.4 Å². The Kier molecular flexibility index (Phi) is 6.49. The third-order valence-electron chi connectivity index (χ3n) is 4.13. The molecular weight excluding hydrogens is 380 g/mol. The summed E-state index contributed by atoms with van der Waals surface area (Å²) in [5, 5.41) is 5.47. The summed E-state index contributed by atoms with van der Waals surface area (Å²) in [4.78, 5) is 18.6. The van der Waals surface area contributed by atoms with Crippen LogP contribution in [-0.2, 0) is 24.3 Å². The van der Waals surface area contributed by atoms with Gasteiger partial charge in [0.25, 0.3) is 0 Å². The fourth-order valence-electron chi connectivity index (χ4n) is 2.76. The lowest BCUT2D eigenvalue weighted by Crippen LogP contribution is -2.18. The molecule has 0 aliphatic rings. The molecule has 0 unspecified atom stereocenters. The van der Waals surface area contributed by atoms with Gasteiger partial charge in [-0.3, -0.25) is 9.69 Å². The maximum atomic E-state index is 13.8. The highest BCUT2D eigenvalue weighted by molar-refractivity contribution is 7.09. The Labute approximate surface area is 166 Å². The number of benzene rings is 2. The van der Waals surface area contributed by atoms with Gasteiger partial charge in [0.2, 0.25) is 5.91 Å². The van der Waals surface area contributed by atoms with Gasteiger partial charge < -0.3 is 5.32 Å². The maximum Gasteiger partial charge on any atom is 0.231 e. The molecule has 0 aliphatic carbocycles. The van der Waals surface area contributed by atoms with Gasteiger partial charge in [0.05, 0.1) is 12.1 Å². The van der Waals surface area contributed by atoms with Crippen LogP contribution in [0, 0.1) is 18.6 Å². The molecule has 0 fully saturated rings. The van der Waals surface area contributed by atoms with Gasteiger partial charge in [-0.2, -0.15) is 0 Å². The Hall–Kier alpha value is -2.64. The molecule has 28 heavy (non-hydrogen) atoms. The van der Waals surface area contributed by atoms with E-state index in [1.54, 1.807) is 0 Å². The number of rotatable bonds is 7. The molecule has 0 saturated heterocycles. The van der Waals surface area contributed by atoms with Crippen molar-refractivity contribution in [1.29, 1.82) is 0 Å². The number of thiazole rings is 1. The van der Waals surface area contributed by atoms with Crippen molar-refractivity contribution >= 4 is 22.9 Å². The van der Waals surface area contributed by atoms with Crippen molar-refractivity contribution in [3.05, 3.63) is 81.3 Å². The summed E-state index contributed by atoms with van der Waals surface area (Å²) in [6.07, 6.45) is 0.203. The number of nitrogens with one attached hydrogen (secondary N) is 1. The minimum Gasteiger partial charge on any atom is -0.326 e. The first-order valence-corrected chi connectivity index (χ1v) is 9.69. The van der Waals surface area contributed by atoms with E-state index in [2.05, 4.69) is 10.3 Å². The largest absolute Gasteiger partial charge is 0.326 e. The molecule has 146 valence electrons. The van der Waals surface area contributed by atoms with Crippen molar-refractivity contribution in [3.8, 4) is 0 Å². The monoisotopic (exact) mass is 401 g/mol. The van der Waals surface area contributed by atoms with Gasteiger partial charge >= 0.3 is 0 Å². The maximum absolute atomic E-state index is 13.8. The van der Waals surface area contributed by atoms with Crippen LogP contribution in [0.5, 0.6) is 0 Å². The summed E-state index contributed by atoms with van der Waals surface area (Å²) in [5.41, 5.74) is 3.13. The second-order valence-electron chi connectivity index (χ2n) is 6.73. The number of aromatic nitrogens is 1. The lowest BCUT2D eigenvalue weighted by Gasteiger charge is -2.15. The van der Waals surface area contributed by atoms with E-state index in [-0.39, 0.29) is 12.3 Å². The standard InChI is InChI=1S/C21H21F2N3OS/c1-14-3-7-17(8-4-14)24-20(27)10-21-25-18(13-28-21)12-26(2)11-15-5-6-16(22)9-19(15)23/h3-9,13H,10-12H2,1-2H3,(H,24,27). The minimum atomic E-state index is -0.586. The zero-order valence-corrected chi connectivity index (χ0v) is 16.5. The first-order chi connectivity index (χ1) is 13.4. The smallest absolute Gasteiger partial charge is 0.231 e. The molecule has 0 bridgehead atoms. The molecule has 1 N–H and O–H groups in total. The minimum absolute atomic E-state index is 0.119. The number of anilines is 1. The molecule has 1 heterocycles. The van der Waals surface area contributed by atoms with Gasteiger partial charge in [-0.15, -0.1) is 11.3 Å². The predicted molar refractivity (Wildman–Crippen MR) is 107 cm³/mol. The van der Waals surface area contributed by atoms with E-state index in [1.807, 2.05) is 48.5 Å². The molecule has 0 aliphatic heterocycles. The van der Waals surface area contributed by atoms with Crippen LogP contribution in [0.4, 0.5) is 14.5 Å². The normalized spacial score (nSPS) is 11.0. The molecule has 2 aromatic carbocycles. The lowest BCUT2D eigenvalue weighted by atomic mass is 10.2. The van der Waals surface area contributed by atoms with E-state index in [4.69, 9.17) is 0 Å². The van der Waals surface area contributed by atoms with Gasteiger partial charge in [0, 0.05) is 35.8 Å². The van der Waals surface area contributed by atoms with E-state index < -0.39 is 11.6 Å². The van der Waals surface area contributed by atoms with E-state index >= 15 is 0 Å². The van der Waals surface area contributed by atoms with Crippen molar-refractivity contribution < 1.29 is 13.6 Å². The number of carbonyl (C=O) groups is 1. The number of aryl methyl sites for hydroxylation is 1. The number of amides is 1. The molecule has 1 amide bonds. The fraction of sp³-hybridized carbons (Fsp3) is 0.238. The second kappa shape index (κ2) is 9.03. The van der Waals surface area contributed by atoms with Crippen molar-refractivity contribution in [2.45, 2.75) is 26.4 Å². The van der Waals surface area contributed by atoms with Crippen LogP contribution in [0.2, 0.25) is 0 Å². The van der Waals surface area contributed by atoms with Crippen LogP contribution in [0.25, 0.3) is 0 Å². The summed E-state index contributed by atoms with van der Waals surface area (Å²) >= 11 is 1.42. The number of hydrogen-bond acceptors (Lipinski definition) is 4. The van der Waals surface area contributed by atoms with E-state index in [0.717, 1.165) is 28.0 Å². The fourth-order valence-corrected chi connectivity index (χ4v) is 3.54. The summed E-state index contributed by atoms with van der Waals surface area (Å²) in [6, 6.07) is 11.2. The summed E-state index contributed by atoms with van der Waals surface area (Å²) in [5.74, 6) is -1.26. The zero-order valence-electron chi connectivity index (χ0n) is 15.7. The van der Waals surface area contributed by atoms with Crippen molar-refractivity contribution in [3.63, 3.8) is 0 Å². The Morgan fingerprint density at radius 3 is 2.61 bits per heavy atom. The van der Waals surface area contributed by atoms with Crippen LogP contribution in [-0.4, -0.2) is 22.8 Å². The lowest BCUT2D eigenvalue weighted by molar-refractivity contribution is -0.115. The molecule has 0 spiro atoms. The van der Waals surface area contributed by atoms with Gasteiger partial charge in [-0.05, 0) is 32.2 Å². The van der Waals surface area contributed by atoms with Gasteiger partial charge in [0.1, 0.15) is 16.6 Å². The summed E-state index contributed by atoms with van der Waals surface area (Å²) < 4.78 is 26.8. The Bertz CT molecular complexity index is 957. The van der Waals surface area contributed by atoms with E-state index in [0.29, 0.717) is 18.7 Å². The summed E-state index contributed by atoms with van der Waals surface area (Å²) in [7, 11) is 1.84. The zero-order chi connectivity index (χ0) is 20.1. The highest BCUT2D eigenvalue weighted by Gasteiger charge is 2.12. The van der Waals surface area contributed by atoms with E-state index in [9.17, 15) is 13.6 Å². The number of hydrogen-bond donors (Lipinski definition) is 1. The molecule has 0 atom stereocenters. The molecule has 0 saturated carbocycles. The van der Waals surface area contributed by atoms with Crippen LogP contribution < -0.4 is 5.32 Å². The quantitative estimate of drug-likeness (QED) is 0.632. The third-order valence-corrected chi connectivity index (χ3v) is 5.03. The van der Waals surface area contributed by atoms with Crippen molar-refractivity contribution in [2.24, 2.45) is 0 Å². The van der Waals surface area contributed by atoms with Crippen LogP contribution >= 0.6 is 11.3 Å². The van der Waals surface area contributed by atoms with Crippen LogP contribution in [0.1, 0.15) is 21.8 Å². The summed E-state index contributed by atoms with van der Waals surface area (Å²) in [6.45, 7) is 2.84. The topological polar surface area (TPSA) is 45.2 Å². The average molecular weight is 401 g/mol. The molecule has 1 aromatic heterocycles. The van der Waals surface area contributed by atoms with Gasteiger partial charge in [-0.25, -0.2) is 13.8 Å². The van der Waals surface area contributed by atoms with Crippen LogP contribution in [0.3, 0.4) is 0 Å². The first kappa shape index (κ1) is 20.1. The highest BCUT2D eigenvalue weighted by atomic mass is 32.1. The molecular formula is C21H21F2N3OS. The van der Waals surface area contributed by atoms with Crippen LogP contribution in [0.15, 0.2) is 47.8 Å². The molecule has 3 rings (SSSR count). The molecule has 4 nitrogen and oxygen atoms in total. The Morgan fingerprint density at radius 2 is 1.89 bits per heavy atom. The average Bonchev–Trinajstić information content (AvgIpc) is 3.06. The number of halogens is 2. The SMILES string of the molecule is Cc1ccc(NC(=O)Cc2nc(CN(C)Cc3ccc(F)cc3F)cs2)cc1. The molecule has 0 radical (unpaired) electrons. The van der Waals surface area contributed by atoms with Gasteiger partial charge in [-0.1, -0.05) is 23.8 Å². The second-order valence-corrected chi connectivity index (χ2v) is 7.67. The van der Waals surface area contributed by atoms with Crippen molar-refractivity contribution in [1.82, 2.24) is 9.88 Å². The van der Waals surface area contributed by atoms with E-state index in [1.165, 1.54) is 23.5 Å². The third kappa shape index (κ3) is 5.68. The predicted octanol–water partition coefficient (Wildman–Crippen LogP) is 4.54. The Balaban J connectivity index is 1.53.